The van der Waals surface area contributed by atoms with Gasteiger partial charge in [0.25, 0.3) is 0 Å². The highest BCUT2D eigenvalue weighted by molar-refractivity contribution is 6.25. The Morgan fingerprint density at radius 1 is 1.05 bits per heavy atom. The van der Waals surface area contributed by atoms with Gasteiger partial charge in [0.15, 0.2) is 11.6 Å². The van der Waals surface area contributed by atoms with Crippen LogP contribution in [0.4, 0.5) is 5.69 Å². The summed E-state index contributed by atoms with van der Waals surface area (Å²) in [4.78, 5) is 33.5. The van der Waals surface area contributed by atoms with E-state index in [1.807, 2.05) is 0 Å². The van der Waals surface area contributed by atoms with Crippen LogP contribution >= 0.6 is 0 Å². The lowest BCUT2D eigenvalue weighted by molar-refractivity contribution is -0.116. The number of aliphatic hydroxyl groups is 1. The molecule has 0 bridgehead atoms. The number of Topliss-reactive ketones (excluding diaryl/α,β-unsaturated/α-hetero) is 2. The van der Waals surface area contributed by atoms with Crippen molar-refractivity contribution in [3.05, 3.63) is 53.4 Å². The molecule has 0 aliphatic heterocycles. The van der Waals surface area contributed by atoms with Gasteiger partial charge in [0.2, 0.25) is 0 Å². The molecule has 0 radical (unpaired) electrons. The minimum absolute atomic E-state index is 0.135. The maximum Gasteiger partial charge on any atom is 0.335 e. The molecule has 1 fully saturated rings. The minimum atomic E-state index is -1.02. The van der Waals surface area contributed by atoms with Gasteiger partial charge >= 0.3 is 5.97 Å². The summed E-state index contributed by atoms with van der Waals surface area (Å²) in [5.41, 5.74) is 0.615. The average molecular weight is 287 g/mol. The molecule has 1 aliphatic carbocycles. The van der Waals surface area contributed by atoms with Gasteiger partial charge in [-0.2, -0.15) is 0 Å². The van der Waals surface area contributed by atoms with Crippen molar-refractivity contribution in [2.24, 2.45) is 0 Å². The molecule has 0 heterocycles. The van der Waals surface area contributed by atoms with Crippen LogP contribution in [0.5, 0.6) is 0 Å². The zero-order valence-corrected chi connectivity index (χ0v) is 11.0. The van der Waals surface area contributed by atoms with Gasteiger partial charge in [0.1, 0.15) is 11.3 Å². The minimum Gasteiger partial charge on any atom is -0.507 e. The highest BCUT2D eigenvalue weighted by Gasteiger charge is 2.28. The maximum atomic E-state index is 11.4. The van der Waals surface area contributed by atoms with Crippen LogP contribution in [0.25, 0.3) is 0 Å². The number of allylic oxidation sites excluding steroid dienone is 2. The number of benzene rings is 1. The van der Waals surface area contributed by atoms with Crippen molar-refractivity contribution >= 4 is 23.2 Å². The first-order valence-electron chi connectivity index (χ1n) is 6.25. The van der Waals surface area contributed by atoms with E-state index in [2.05, 4.69) is 5.32 Å². The number of rotatable bonds is 4. The molecule has 0 amide bonds. The van der Waals surface area contributed by atoms with Crippen LogP contribution in [0.1, 0.15) is 23.2 Å². The molecule has 0 aromatic heterocycles. The molecule has 1 aromatic rings. The van der Waals surface area contributed by atoms with Crippen molar-refractivity contribution < 1.29 is 24.6 Å². The van der Waals surface area contributed by atoms with E-state index in [1.165, 1.54) is 24.4 Å². The highest BCUT2D eigenvalue weighted by Crippen LogP contribution is 2.20. The van der Waals surface area contributed by atoms with Crippen LogP contribution in [0.2, 0.25) is 0 Å². The summed E-state index contributed by atoms with van der Waals surface area (Å²) in [5, 5.41) is 21.3. The van der Waals surface area contributed by atoms with E-state index < -0.39 is 5.97 Å². The largest absolute Gasteiger partial charge is 0.507 e. The zero-order chi connectivity index (χ0) is 15.4. The highest BCUT2D eigenvalue weighted by atomic mass is 16.4. The quantitative estimate of drug-likeness (QED) is 0.445. The van der Waals surface area contributed by atoms with Gasteiger partial charge in [-0.1, -0.05) is 0 Å². The number of aromatic carboxylic acids is 1. The molecule has 1 saturated carbocycles. The van der Waals surface area contributed by atoms with Gasteiger partial charge in [-0.05, 0) is 30.3 Å². The molecule has 1 aromatic carbocycles. The molecule has 0 saturated heterocycles. The second-order valence-electron chi connectivity index (χ2n) is 4.47. The summed E-state index contributed by atoms with van der Waals surface area (Å²) in [6, 6.07) is 5.98. The lowest BCUT2D eigenvalue weighted by Gasteiger charge is -2.01. The smallest absolute Gasteiger partial charge is 0.335 e. The molecule has 108 valence electrons. The number of anilines is 1. The summed E-state index contributed by atoms with van der Waals surface area (Å²) in [6.07, 6.45) is 2.87. The average Bonchev–Trinajstić information content (AvgIpc) is 2.78. The maximum absolute atomic E-state index is 11.4. The molecule has 6 nitrogen and oxygen atoms in total. The number of carbonyl (C=O) groups excluding carboxylic acids is 2. The van der Waals surface area contributed by atoms with Crippen LogP contribution in [-0.4, -0.2) is 27.7 Å². The molecular weight excluding hydrogens is 274 g/mol. The van der Waals surface area contributed by atoms with E-state index in [-0.39, 0.29) is 41.3 Å². The van der Waals surface area contributed by atoms with E-state index in [1.54, 1.807) is 12.1 Å². The number of carbonyl (C=O) groups is 3. The predicted molar refractivity (Wildman–Crippen MR) is 75.1 cm³/mol. The number of hydrogen-bond acceptors (Lipinski definition) is 5. The summed E-state index contributed by atoms with van der Waals surface area (Å²) < 4.78 is 0. The molecular formula is C15H13NO5. The third-order valence-corrected chi connectivity index (χ3v) is 3.02. The Labute approximate surface area is 120 Å². The van der Waals surface area contributed by atoms with E-state index in [9.17, 15) is 19.5 Å². The Hall–Kier alpha value is -2.89. The van der Waals surface area contributed by atoms with Gasteiger partial charge in [-0.3, -0.25) is 9.59 Å². The standard InChI is InChI=1S/C15H13NO5/c17-11-5-6-12(18)14(11)13(19)7-8-16-10-3-1-9(2-4-10)15(20)21/h1-4,7-8,16,19H,5-6H2,(H,20,21). The van der Waals surface area contributed by atoms with Crippen molar-refractivity contribution in [2.75, 3.05) is 5.32 Å². The lowest BCUT2D eigenvalue weighted by Crippen LogP contribution is -2.03. The SMILES string of the molecule is O=C1CCC(=O)C1=C(O)C=CNc1ccc(C(=O)O)cc1. The van der Waals surface area contributed by atoms with Crippen LogP contribution in [0.3, 0.4) is 0 Å². The first-order chi connectivity index (χ1) is 9.99. The summed E-state index contributed by atoms with van der Waals surface area (Å²) >= 11 is 0. The summed E-state index contributed by atoms with van der Waals surface area (Å²) in [6.45, 7) is 0. The first-order valence-corrected chi connectivity index (χ1v) is 6.25. The van der Waals surface area contributed by atoms with E-state index in [0.29, 0.717) is 5.69 Å². The number of ketones is 2. The Morgan fingerprint density at radius 2 is 1.62 bits per heavy atom. The second kappa shape index (κ2) is 6.04. The van der Waals surface area contributed by atoms with E-state index in [0.717, 1.165) is 0 Å². The molecule has 0 unspecified atom stereocenters. The molecule has 2 rings (SSSR count). The molecule has 0 spiro atoms. The Kier molecular flexibility index (Phi) is 4.18. The van der Waals surface area contributed by atoms with Crippen molar-refractivity contribution in [1.82, 2.24) is 0 Å². The molecule has 3 N–H and O–H groups in total. The zero-order valence-electron chi connectivity index (χ0n) is 11.0. The normalized spacial score (nSPS) is 14.8. The fraction of sp³-hybridized carbons (Fsp3) is 0.133. The Balaban J connectivity index is 2.05. The van der Waals surface area contributed by atoms with Gasteiger partial charge in [0, 0.05) is 24.7 Å². The van der Waals surface area contributed by atoms with Gasteiger partial charge in [-0.25, -0.2) is 4.79 Å². The van der Waals surface area contributed by atoms with Gasteiger partial charge in [0.05, 0.1) is 5.56 Å². The fourth-order valence-electron chi connectivity index (χ4n) is 1.93. The van der Waals surface area contributed by atoms with Gasteiger partial charge < -0.3 is 15.5 Å². The van der Waals surface area contributed by atoms with E-state index >= 15 is 0 Å². The van der Waals surface area contributed by atoms with Crippen molar-refractivity contribution in [1.29, 1.82) is 0 Å². The Bertz CT molecular complexity index is 637. The van der Waals surface area contributed by atoms with Crippen LogP contribution in [0.15, 0.2) is 47.9 Å². The molecule has 0 atom stereocenters. The number of carboxylic acid groups (broad SMARTS) is 1. The van der Waals surface area contributed by atoms with Gasteiger partial charge in [-0.15, -0.1) is 0 Å². The van der Waals surface area contributed by atoms with Crippen molar-refractivity contribution in [2.45, 2.75) is 12.8 Å². The first kappa shape index (κ1) is 14.5. The van der Waals surface area contributed by atoms with Crippen molar-refractivity contribution in [3.8, 4) is 0 Å². The number of carboxylic acids is 1. The number of hydrogen-bond donors (Lipinski definition) is 3. The van der Waals surface area contributed by atoms with Crippen LogP contribution < -0.4 is 5.32 Å². The second-order valence-corrected chi connectivity index (χ2v) is 4.47. The summed E-state index contributed by atoms with van der Waals surface area (Å²) in [5.74, 6) is -2.09. The third-order valence-electron chi connectivity index (χ3n) is 3.02. The predicted octanol–water partition coefficient (Wildman–Crippen LogP) is 2.05. The Morgan fingerprint density at radius 3 is 2.14 bits per heavy atom. The monoisotopic (exact) mass is 287 g/mol. The third kappa shape index (κ3) is 3.36. The van der Waals surface area contributed by atoms with Crippen molar-refractivity contribution in [3.63, 3.8) is 0 Å². The van der Waals surface area contributed by atoms with E-state index in [4.69, 9.17) is 5.11 Å². The number of nitrogens with one attached hydrogen (secondary N) is 1. The number of aliphatic hydroxyl groups excluding tert-OH is 1. The van der Waals surface area contributed by atoms with Crippen LogP contribution in [0, 0.1) is 0 Å². The molecule has 6 heteroatoms. The van der Waals surface area contributed by atoms with Crippen LogP contribution in [-0.2, 0) is 9.59 Å². The molecule has 21 heavy (non-hydrogen) atoms. The fourth-order valence-corrected chi connectivity index (χ4v) is 1.93. The molecule has 1 aliphatic rings. The summed E-state index contributed by atoms with van der Waals surface area (Å²) in [7, 11) is 0. The lowest BCUT2D eigenvalue weighted by atomic mass is 10.1. The topological polar surface area (TPSA) is 104 Å².